The standard InChI is InChI=1S/C12H15ClN2O/c1-8-4-10(14)2-3-11(8)15-7-9(6-13)5-12(15)16/h2-4,9H,5-7,14H2,1H3. The molecular formula is C12H15ClN2O. The third-order valence-electron chi connectivity index (χ3n) is 2.93. The molecule has 3 nitrogen and oxygen atoms in total. The topological polar surface area (TPSA) is 46.3 Å². The summed E-state index contributed by atoms with van der Waals surface area (Å²) in [5.74, 6) is 0.959. The van der Waals surface area contributed by atoms with Crippen LogP contribution in [0.25, 0.3) is 0 Å². The molecule has 0 saturated carbocycles. The van der Waals surface area contributed by atoms with Crippen LogP contribution in [0.1, 0.15) is 12.0 Å². The molecule has 16 heavy (non-hydrogen) atoms. The number of nitrogens with zero attached hydrogens (tertiary/aromatic N) is 1. The minimum Gasteiger partial charge on any atom is -0.399 e. The lowest BCUT2D eigenvalue weighted by molar-refractivity contribution is -0.117. The van der Waals surface area contributed by atoms with Crippen molar-refractivity contribution in [2.24, 2.45) is 5.92 Å². The Morgan fingerprint density at radius 3 is 2.88 bits per heavy atom. The molecule has 2 rings (SSSR count). The van der Waals surface area contributed by atoms with Crippen LogP contribution in [0.5, 0.6) is 0 Å². The Balaban J connectivity index is 2.28. The number of anilines is 2. The van der Waals surface area contributed by atoms with Crippen molar-refractivity contribution in [1.29, 1.82) is 0 Å². The van der Waals surface area contributed by atoms with Gasteiger partial charge in [-0.15, -0.1) is 11.6 Å². The molecule has 1 aromatic rings. The van der Waals surface area contributed by atoms with E-state index in [1.165, 1.54) is 0 Å². The van der Waals surface area contributed by atoms with Gasteiger partial charge in [0.25, 0.3) is 0 Å². The van der Waals surface area contributed by atoms with E-state index in [-0.39, 0.29) is 11.8 Å². The van der Waals surface area contributed by atoms with E-state index in [0.717, 1.165) is 16.9 Å². The third kappa shape index (κ3) is 2.00. The predicted molar refractivity (Wildman–Crippen MR) is 66.8 cm³/mol. The first-order valence-electron chi connectivity index (χ1n) is 5.34. The zero-order valence-corrected chi connectivity index (χ0v) is 10.00. The van der Waals surface area contributed by atoms with E-state index in [0.29, 0.717) is 18.8 Å². The first-order valence-corrected chi connectivity index (χ1v) is 5.87. The zero-order chi connectivity index (χ0) is 11.7. The van der Waals surface area contributed by atoms with Crippen LogP contribution in [0.3, 0.4) is 0 Å². The van der Waals surface area contributed by atoms with Crippen LogP contribution in [0, 0.1) is 12.8 Å². The molecule has 0 aliphatic carbocycles. The van der Waals surface area contributed by atoms with Crippen molar-refractivity contribution >= 4 is 28.9 Å². The molecule has 1 fully saturated rings. The summed E-state index contributed by atoms with van der Waals surface area (Å²) in [6, 6.07) is 5.61. The van der Waals surface area contributed by atoms with Crippen LogP contribution < -0.4 is 10.6 Å². The summed E-state index contributed by atoms with van der Waals surface area (Å²) in [5.41, 5.74) is 8.40. The van der Waals surface area contributed by atoms with E-state index in [4.69, 9.17) is 17.3 Å². The van der Waals surface area contributed by atoms with Crippen LogP contribution in [0.15, 0.2) is 18.2 Å². The first kappa shape index (κ1) is 11.3. The number of aryl methyl sites for hydroxylation is 1. The highest BCUT2D eigenvalue weighted by atomic mass is 35.5. The van der Waals surface area contributed by atoms with Crippen molar-refractivity contribution in [3.63, 3.8) is 0 Å². The van der Waals surface area contributed by atoms with Gasteiger partial charge in [-0.1, -0.05) is 0 Å². The summed E-state index contributed by atoms with van der Waals surface area (Å²) in [6.45, 7) is 2.68. The molecule has 1 amide bonds. The lowest BCUT2D eigenvalue weighted by Gasteiger charge is -2.19. The Bertz CT molecular complexity index is 419. The number of nitrogen functional groups attached to an aromatic ring is 1. The molecule has 1 unspecified atom stereocenters. The Morgan fingerprint density at radius 2 is 2.31 bits per heavy atom. The number of carbonyl (C=O) groups excluding carboxylic acids is 1. The summed E-state index contributed by atoms with van der Waals surface area (Å²) in [5, 5.41) is 0. The lowest BCUT2D eigenvalue weighted by atomic mass is 10.1. The van der Waals surface area contributed by atoms with Crippen molar-refractivity contribution in [3.05, 3.63) is 23.8 Å². The van der Waals surface area contributed by atoms with Crippen LogP contribution in [0.4, 0.5) is 11.4 Å². The number of hydrogen-bond acceptors (Lipinski definition) is 2. The quantitative estimate of drug-likeness (QED) is 0.634. The Labute approximate surface area is 100 Å². The molecule has 2 N–H and O–H groups in total. The number of halogens is 1. The molecule has 1 heterocycles. The molecule has 1 aliphatic heterocycles. The first-order chi connectivity index (χ1) is 7.61. The molecule has 1 aromatic carbocycles. The maximum absolute atomic E-state index is 11.8. The van der Waals surface area contributed by atoms with E-state index >= 15 is 0 Å². The molecular weight excluding hydrogens is 224 g/mol. The van der Waals surface area contributed by atoms with Gasteiger partial charge < -0.3 is 10.6 Å². The lowest BCUT2D eigenvalue weighted by Crippen LogP contribution is -2.25. The fraction of sp³-hybridized carbons (Fsp3) is 0.417. The summed E-state index contributed by atoms with van der Waals surface area (Å²) in [4.78, 5) is 13.6. The average Bonchev–Trinajstić information content (AvgIpc) is 2.60. The van der Waals surface area contributed by atoms with Gasteiger partial charge in [-0.3, -0.25) is 4.79 Å². The van der Waals surface area contributed by atoms with Gasteiger partial charge in [0.05, 0.1) is 0 Å². The van der Waals surface area contributed by atoms with Crippen LogP contribution in [-0.2, 0) is 4.79 Å². The molecule has 1 saturated heterocycles. The molecule has 86 valence electrons. The fourth-order valence-corrected chi connectivity index (χ4v) is 2.31. The molecule has 1 aliphatic rings. The highest BCUT2D eigenvalue weighted by Gasteiger charge is 2.30. The Morgan fingerprint density at radius 1 is 1.56 bits per heavy atom. The highest BCUT2D eigenvalue weighted by molar-refractivity contribution is 6.18. The van der Waals surface area contributed by atoms with Gasteiger partial charge in [0, 0.05) is 30.2 Å². The van der Waals surface area contributed by atoms with Crippen LogP contribution in [-0.4, -0.2) is 18.3 Å². The summed E-state index contributed by atoms with van der Waals surface area (Å²) in [7, 11) is 0. The maximum Gasteiger partial charge on any atom is 0.227 e. The fourth-order valence-electron chi connectivity index (χ4n) is 2.10. The summed E-state index contributed by atoms with van der Waals surface area (Å²) in [6.07, 6.45) is 0.549. The number of amides is 1. The SMILES string of the molecule is Cc1cc(N)ccc1N1CC(CCl)CC1=O. The van der Waals surface area contributed by atoms with Crippen LogP contribution >= 0.6 is 11.6 Å². The van der Waals surface area contributed by atoms with E-state index in [9.17, 15) is 4.79 Å². The minimum absolute atomic E-state index is 0.151. The van der Waals surface area contributed by atoms with Gasteiger partial charge in [0.15, 0.2) is 0 Å². The number of rotatable bonds is 2. The number of carbonyl (C=O) groups is 1. The largest absolute Gasteiger partial charge is 0.399 e. The number of nitrogens with two attached hydrogens (primary N) is 1. The van der Waals surface area contributed by atoms with Crippen molar-refractivity contribution in [2.75, 3.05) is 23.1 Å². The number of hydrogen-bond donors (Lipinski definition) is 1. The zero-order valence-electron chi connectivity index (χ0n) is 9.24. The van der Waals surface area contributed by atoms with Crippen molar-refractivity contribution in [1.82, 2.24) is 0 Å². The van der Waals surface area contributed by atoms with Crippen molar-refractivity contribution in [2.45, 2.75) is 13.3 Å². The molecule has 0 radical (unpaired) electrons. The number of alkyl halides is 1. The van der Waals surface area contributed by atoms with Crippen molar-refractivity contribution < 1.29 is 4.79 Å². The van der Waals surface area contributed by atoms with Gasteiger partial charge in [0.1, 0.15) is 0 Å². The maximum atomic E-state index is 11.8. The minimum atomic E-state index is 0.151. The molecule has 0 aromatic heterocycles. The molecule has 0 bridgehead atoms. The van der Waals surface area contributed by atoms with E-state index in [1.807, 2.05) is 30.0 Å². The van der Waals surface area contributed by atoms with Gasteiger partial charge in [-0.2, -0.15) is 0 Å². The second-order valence-electron chi connectivity index (χ2n) is 4.27. The van der Waals surface area contributed by atoms with E-state index < -0.39 is 0 Å². The average molecular weight is 239 g/mol. The van der Waals surface area contributed by atoms with Gasteiger partial charge in [0.2, 0.25) is 5.91 Å². The Kier molecular flexibility index (Phi) is 3.06. The second kappa shape index (κ2) is 4.34. The summed E-state index contributed by atoms with van der Waals surface area (Å²) >= 11 is 5.79. The second-order valence-corrected chi connectivity index (χ2v) is 4.58. The smallest absolute Gasteiger partial charge is 0.227 e. The molecule has 1 atom stereocenters. The predicted octanol–water partition coefficient (Wildman–Crippen LogP) is 2.17. The molecule has 0 spiro atoms. The monoisotopic (exact) mass is 238 g/mol. The van der Waals surface area contributed by atoms with Gasteiger partial charge in [-0.05, 0) is 36.6 Å². The van der Waals surface area contributed by atoms with Gasteiger partial charge >= 0.3 is 0 Å². The normalized spacial score (nSPS) is 20.5. The third-order valence-corrected chi connectivity index (χ3v) is 3.37. The van der Waals surface area contributed by atoms with E-state index in [1.54, 1.807) is 0 Å². The van der Waals surface area contributed by atoms with Crippen molar-refractivity contribution in [3.8, 4) is 0 Å². The van der Waals surface area contributed by atoms with Crippen LogP contribution in [0.2, 0.25) is 0 Å². The highest BCUT2D eigenvalue weighted by Crippen LogP contribution is 2.29. The van der Waals surface area contributed by atoms with E-state index in [2.05, 4.69) is 0 Å². The Hall–Kier alpha value is -1.22. The summed E-state index contributed by atoms with van der Waals surface area (Å²) < 4.78 is 0. The van der Waals surface area contributed by atoms with Gasteiger partial charge in [-0.25, -0.2) is 0 Å². The molecule has 4 heteroatoms. The number of benzene rings is 1.